The first kappa shape index (κ1) is 96.7. The van der Waals surface area contributed by atoms with Crippen LogP contribution in [0.1, 0.15) is 235 Å². The molecule has 2 aliphatic heterocycles. The van der Waals surface area contributed by atoms with E-state index in [0.29, 0.717) is 46.2 Å². The summed E-state index contributed by atoms with van der Waals surface area (Å²) >= 11 is 0. The van der Waals surface area contributed by atoms with Crippen LogP contribution in [0.15, 0.2) is 84.9 Å². The predicted octanol–water partition coefficient (Wildman–Crippen LogP) is 16.3. The molecular formula is C91H130O24. The Morgan fingerprint density at radius 3 is 0.870 bits per heavy atom. The summed E-state index contributed by atoms with van der Waals surface area (Å²) in [5.74, 6) is -5.96. The molecule has 4 aromatic carbocycles. The smallest absolute Gasteiger partial charge is 0.311 e. The monoisotopic (exact) mass is 1610 g/mol. The molecule has 0 amide bonds. The number of ether oxygens (including phenoxy) is 14. The van der Waals surface area contributed by atoms with E-state index in [0.717, 1.165) is 36.8 Å². The maximum absolute atomic E-state index is 14.3. The van der Waals surface area contributed by atoms with E-state index in [1.807, 2.05) is 48.5 Å². The van der Waals surface area contributed by atoms with Gasteiger partial charge in [-0.05, 0) is 263 Å². The summed E-state index contributed by atoms with van der Waals surface area (Å²) in [5.41, 5.74) is -3.18. The quantitative estimate of drug-likeness (QED) is 0.0277. The van der Waals surface area contributed by atoms with Crippen molar-refractivity contribution < 1.29 is 114 Å². The van der Waals surface area contributed by atoms with Gasteiger partial charge in [0.25, 0.3) is 0 Å². The fourth-order valence-corrected chi connectivity index (χ4v) is 11.4. The molecule has 0 bridgehead atoms. The van der Waals surface area contributed by atoms with Crippen molar-refractivity contribution >= 4 is 59.7 Å². The summed E-state index contributed by atoms with van der Waals surface area (Å²) in [4.78, 5) is 138. The summed E-state index contributed by atoms with van der Waals surface area (Å²) in [6.45, 7) is 42.5. The third-order valence-corrected chi connectivity index (χ3v) is 18.3. The Hall–Kier alpha value is -8.90. The zero-order valence-corrected chi connectivity index (χ0v) is 72.1. The molecule has 10 atom stereocenters. The van der Waals surface area contributed by atoms with Crippen LogP contribution in [0, 0.1) is 43.3 Å². The van der Waals surface area contributed by atoms with Gasteiger partial charge in [0.15, 0.2) is 24.4 Å². The Morgan fingerprint density at radius 1 is 0.313 bits per heavy atom. The molecule has 24 heteroatoms. The topological polar surface area (TPSA) is 300 Å². The Labute approximate surface area is 681 Å². The lowest BCUT2D eigenvalue weighted by atomic mass is 9.93. The summed E-state index contributed by atoms with van der Waals surface area (Å²) in [6.07, 6.45) is -11.2. The molecule has 638 valence electrons. The van der Waals surface area contributed by atoms with Crippen molar-refractivity contribution in [2.24, 2.45) is 43.3 Å². The van der Waals surface area contributed by atoms with Gasteiger partial charge in [-0.2, -0.15) is 0 Å². The highest BCUT2D eigenvalue weighted by Gasteiger charge is 2.58. The molecule has 6 rings (SSSR count). The lowest BCUT2D eigenvalue weighted by Gasteiger charge is -2.45. The lowest BCUT2D eigenvalue weighted by Crippen LogP contribution is -2.65. The molecule has 0 radical (unpaired) electrons. The number of esters is 10. The number of rotatable bonds is 29. The highest BCUT2D eigenvalue weighted by molar-refractivity contribution is 5.82. The highest BCUT2D eigenvalue weighted by Crippen LogP contribution is 2.42. The Kier molecular flexibility index (Phi) is 33.5. The second kappa shape index (κ2) is 39.8. The largest absolute Gasteiger partial charge is 0.466 e. The molecular weight excluding hydrogens is 1480 g/mol. The van der Waals surface area contributed by atoms with Crippen LogP contribution in [0.2, 0.25) is 0 Å². The third-order valence-electron chi connectivity index (χ3n) is 18.3. The minimum absolute atomic E-state index is 0. The van der Waals surface area contributed by atoms with Crippen molar-refractivity contribution in [3.8, 4) is 33.8 Å². The number of carbonyl (C=O) groups is 10. The summed E-state index contributed by atoms with van der Waals surface area (Å²) in [6, 6.07) is 25.9. The number of hydrogen-bond acceptors (Lipinski definition) is 24. The van der Waals surface area contributed by atoms with Gasteiger partial charge in [-0.15, -0.1) is 0 Å². The average Bonchev–Trinajstić information content (AvgIpc) is 0.770. The molecule has 0 N–H and O–H groups in total. The van der Waals surface area contributed by atoms with Crippen LogP contribution in [0.5, 0.6) is 11.5 Å². The molecule has 115 heavy (non-hydrogen) atoms. The van der Waals surface area contributed by atoms with E-state index in [-0.39, 0.29) is 45.0 Å². The first-order valence-corrected chi connectivity index (χ1v) is 39.6. The molecule has 4 aromatic rings. The fraction of sp³-hybridized carbons (Fsp3) is 0.626. The zero-order valence-electron chi connectivity index (χ0n) is 72.1. The molecule has 2 fully saturated rings. The zero-order chi connectivity index (χ0) is 85.6. The number of hydrogen-bond donors (Lipinski definition) is 0. The van der Waals surface area contributed by atoms with Crippen molar-refractivity contribution in [1.82, 2.24) is 0 Å². The van der Waals surface area contributed by atoms with Gasteiger partial charge in [-0.25, -0.2) is 0 Å². The van der Waals surface area contributed by atoms with Gasteiger partial charge in [0.05, 0.1) is 69.4 Å². The van der Waals surface area contributed by atoms with Crippen molar-refractivity contribution in [3.05, 3.63) is 107 Å². The second-order valence-electron chi connectivity index (χ2n) is 37.7. The van der Waals surface area contributed by atoms with Crippen LogP contribution in [0.4, 0.5) is 0 Å². The van der Waals surface area contributed by atoms with E-state index in [4.69, 9.17) is 66.3 Å². The van der Waals surface area contributed by atoms with Crippen molar-refractivity contribution in [2.45, 2.75) is 300 Å². The van der Waals surface area contributed by atoms with E-state index in [1.165, 1.54) is 0 Å². The van der Waals surface area contributed by atoms with E-state index in [1.54, 1.807) is 216 Å². The van der Waals surface area contributed by atoms with E-state index in [9.17, 15) is 47.9 Å². The SMILES string of the molecule is C.CCOC(=O)Cc1cccc(-c2cc(CCCCCCc3ccc(O[C@H]4O[C@H](COC(=O)C(C)(C)C)[C@@H](OC(=O)C(C)(C)C)[C@H](OC(=O)C(C)(C)C)[C@@H]4OC(=O)C(C)(C)C)c(-c4cccc(CC(=O)OCC)c4)c3)ccc2O[C@H]2O[C@H](COC(=O)C(C)(C)C)[C@@H](OC(=O)C(C)(C)C)[C@H](OC(=O)C(C)(C)C)[C@@H]2OC(=O)C(C)(C)C)c1. The molecule has 2 heterocycles. The van der Waals surface area contributed by atoms with Gasteiger partial charge >= 0.3 is 59.7 Å². The van der Waals surface area contributed by atoms with Crippen LogP contribution in [-0.4, -0.2) is 148 Å². The van der Waals surface area contributed by atoms with Crippen LogP contribution < -0.4 is 9.47 Å². The van der Waals surface area contributed by atoms with Gasteiger partial charge in [-0.3, -0.25) is 47.9 Å². The second-order valence-corrected chi connectivity index (χ2v) is 37.7. The first-order valence-electron chi connectivity index (χ1n) is 39.6. The number of aryl methyl sites for hydroxylation is 2. The number of unbranched alkanes of at least 4 members (excludes halogenated alkanes) is 3. The normalized spacial score (nSPS) is 20.2. The van der Waals surface area contributed by atoms with Crippen LogP contribution in [-0.2, 0) is 130 Å². The summed E-state index contributed by atoms with van der Waals surface area (Å²) < 4.78 is 87.7. The molecule has 0 unspecified atom stereocenters. The van der Waals surface area contributed by atoms with E-state index in [2.05, 4.69) is 0 Å². The van der Waals surface area contributed by atoms with Crippen LogP contribution in [0.3, 0.4) is 0 Å². The molecule has 0 saturated carbocycles. The van der Waals surface area contributed by atoms with Crippen molar-refractivity contribution in [2.75, 3.05) is 26.4 Å². The molecule has 2 saturated heterocycles. The van der Waals surface area contributed by atoms with Crippen LogP contribution >= 0.6 is 0 Å². The van der Waals surface area contributed by atoms with Gasteiger partial charge in [0.2, 0.25) is 24.8 Å². The van der Waals surface area contributed by atoms with Crippen molar-refractivity contribution in [1.29, 1.82) is 0 Å². The number of benzene rings is 4. The Bertz CT molecular complexity index is 3760. The summed E-state index contributed by atoms with van der Waals surface area (Å²) in [5, 5.41) is 0. The van der Waals surface area contributed by atoms with E-state index < -0.39 is 178 Å². The van der Waals surface area contributed by atoms with Gasteiger partial charge in [-0.1, -0.05) is 80.9 Å². The van der Waals surface area contributed by atoms with Crippen LogP contribution in [0.25, 0.3) is 22.3 Å². The van der Waals surface area contributed by atoms with Crippen molar-refractivity contribution in [3.63, 3.8) is 0 Å². The fourth-order valence-electron chi connectivity index (χ4n) is 11.4. The molecule has 0 spiro atoms. The maximum atomic E-state index is 14.3. The summed E-state index contributed by atoms with van der Waals surface area (Å²) in [7, 11) is 0. The lowest BCUT2D eigenvalue weighted by molar-refractivity contribution is -0.293. The Morgan fingerprint density at radius 2 is 0.591 bits per heavy atom. The maximum Gasteiger partial charge on any atom is 0.311 e. The standard InChI is InChI=1S/C90H126O24.CH4/c1-27-101-65(91)49-55-37-33-39-57(45-55)59-47-53(41-43-61(59)105-73-71(113-81(99)89(21,22)23)69(111-79(97)87(15,16)17)67(109-77(95)85(9,10)11)63(107-73)51-103-75(93)83(3,4)5)35-31-29-30-32-36-54-42-44-62(60(48-54)58-40-34-38-56(46-58)50-66(92)102-28-2)106-74-72(114-82(100)90(24,25)26)70(112-80(98)88(18,19)20)68(110-78(96)86(12,13)14)64(108-74)52-104-76(94)84(6,7)8;/h33-34,37-48,63-64,67-74H,27-32,35-36,49-52H2,1-26H3;1H4/t63-,64-,67-,68-,69+,70+,71+,72+,73+,74+;/m1./s1. The minimum Gasteiger partial charge on any atom is -0.466 e. The predicted molar refractivity (Wildman–Crippen MR) is 432 cm³/mol. The number of carbonyl (C=O) groups excluding carboxylic acids is 10. The third kappa shape index (κ3) is 28.5. The Balaban J connectivity index is 0.0000236. The molecule has 0 aliphatic carbocycles. The van der Waals surface area contributed by atoms with Gasteiger partial charge in [0.1, 0.15) is 36.9 Å². The average molecular weight is 1610 g/mol. The minimum atomic E-state index is -1.61. The van der Waals surface area contributed by atoms with Gasteiger partial charge in [0, 0.05) is 11.1 Å². The molecule has 2 aliphatic rings. The molecule has 24 nitrogen and oxygen atoms in total. The van der Waals surface area contributed by atoms with Gasteiger partial charge < -0.3 is 66.3 Å². The first-order chi connectivity index (χ1) is 52.6. The molecule has 0 aromatic heterocycles. The highest BCUT2D eigenvalue weighted by atomic mass is 16.8. The van der Waals surface area contributed by atoms with E-state index >= 15 is 0 Å².